The first-order valence-electron chi connectivity index (χ1n) is 4.62. The predicted octanol–water partition coefficient (Wildman–Crippen LogP) is 0.0667. The van der Waals surface area contributed by atoms with Gasteiger partial charge in [-0.25, -0.2) is 8.42 Å². The number of rotatable bonds is 6. The molecule has 0 fully saturated rings. The first-order chi connectivity index (χ1) is 7.09. The number of likely N-dealkylation sites (N-methyl/N-ethyl adjacent to an activating group) is 1. The van der Waals surface area contributed by atoms with E-state index in [9.17, 15) is 8.42 Å². The summed E-state index contributed by atoms with van der Waals surface area (Å²) in [6.07, 6.45) is 1.41. The van der Waals surface area contributed by atoms with Gasteiger partial charge in [0, 0.05) is 20.2 Å². The molecule has 0 unspecified atom stereocenters. The van der Waals surface area contributed by atoms with Crippen LogP contribution in [0.5, 0.6) is 0 Å². The number of hydrogen-bond donors (Lipinski definition) is 1. The van der Waals surface area contributed by atoms with E-state index in [0.717, 1.165) is 0 Å². The van der Waals surface area contributed by atoms with E-state index in [1.165, 1.54) is 23.6 Å². The van der Waals surface area contributed by atoms with Gasteiger partial charge in [0.05, 0.1) is 12.8 Å². The van der Waals surface area contributed by atoms with Crippen LogP contribution in [0.2, 0.25) is 0 Å². The highest BCUT2D eigenvalue weighted by Crippen LogP contribution is 2.09. The van der Waals surface area contributed by atoms with Crippen molar-refractivity contribution in [2.45, 2.75) is 11.9 Å². The van der Waals surface area contributed by atoms with Crippen molar-refractivity contribution in [2.24, 2.45) is 0 Å². The first-order valence-corrected chi connectivity index (χ1v) is 6.06. The minimum atomic E-state index is -3.44. The van der Waals surface area contributed by atoms with Crippen molar-refractivity contribution in [3.63, 3.8) is 0 Å². The molecule has 0 saturated heterocycles. The van der Waals surface area contributed by atoms with Gasteiger partial charge in [-0.15, -0.1) is 0 Å². The Morgan fingerprint density at radius 2 is 2.33 bits per heavy atom. The van der Waals surface area contributed by atoms with Gasteiger partial charge in [0.15, 0.2) is 5.03 Å². The van der Waals surface area contributed by atoms with Crippen molar-refractivity contribution < 1.29 is 13.2 Å². The summed E-state index contributed by atoms with van der Waals surface area (Å²) in [5.74, 6) is 0. The normalized spacial score (nSPS) is 12.2. The highest BCUT2D eigenvalue weighted by molar-refractivity contribution is 7.89. The van der Waals surface area contributed by atoms with Crippen LogP contribution in [0.3, 0.4) is 0 Å². The van der Waals surface area contributed by atoms with Crippen LogP contribution in [0, 0.1) is 0 Å². The Balaban J connectivity index is 2.62. The number of ether oxygens (including phenoxy) is 1. The molecule has 1 N–H and O–H groups in total. The smallest absolute Gasteiger partial charge is 0.259 e. The highest BCUT2D eigenvalue weighted by Gasteiger charge is 2.21. The van der Waals surface area contributed by atoms with Gasteiger partial charge in [-0.05, 0) is 13.0 Å². The molecular formula is C8H15N3O3S. The second kappa shape index (κ2) is 5.24. The molecule has 0 atom stereocenters. The number of aromatic amines is 1. The first kappa shape index (κ1) is 12.2. The fraction of sp³-hybridized carbons (Fsp3) is 0.625. The van der Waals surface area contributed by atoms with Crippen molar-refractivity contribution in [3.8, 4) is 0 Å². The van der Waals surface area contributed by atoms with Crippen LogP contribution in [-0.2, 0) is 14.8 Å². The maximum atomic E-state index is 11.8. The zero-order valence-electron chi connectivity index (χ0n) is 8.80. The third-order valence-corrected chi connectivity index (χ3v) is 3.70. The van der Waals surface area contributed by atoms with E-state index < -0.39 is 10.0 Å². The molecule has 0 radical (unpaired) electrons. The van der Waals surface area contributed by atoms with E-state index >= 15 is 0 Å². The number of nitrogens with zero attached hydrogens (tertiary/aromatic N) is 2. The van der Waals surface area contributed by atoms with E-state index in [2.05, 4.69) is 10.2 Å². The van der Waals surface area contributed by atoms with Crippen molar-refractivity contribution in [1.29, 1.82) is 0 Å². The number of aromatic nitrogens is 2. The fourth-order valence-electron chi connectivity index (χ4n) is 1.01. The van der Waals surface area contributed by atoms with E-state index in [0.29, 0.717) is 19.8 Å². The molecule has 86 valence electrons. The molecule has 0 aliphatic carbocycles. The van der Waals surface area contributed by atoms with Crippen molar-refractivity contribution >= 4 is 10.0 Å². The fourth-order valence-corrected chi connectivity index (χ4v) is 2.06. The Labute approximate surface area is 89.3 Å². The topological polar surface area (TPSA) is 75.3 Å². The molecule has 7 heteroatoms. The lowest BCUT2D eigenvalue weighted by Crippen LogP contribution is -2.30. The molecule has 1 heterocycles. The molecule has 1 aromatic rings. The average molecular weight is 233 g/mol. The van der Waals surface area contributed by atoms with Gasteiger partial charge in [0.25, 0.3) is 10.0 Å². The largest absolute Gasteiger partial charge is 0.380 e. The molecule has 0 aliphatic heterocycles. The summed E-state index contributed by atoms with van der Waals surface area (Å²) < 4.78 is 29.9. The Hall–Kier alpha value is -0.920. The van der Waals surface area contributed by atoms with Crippen LogP contribution in [0.15, 0.2) is 17.3 Å². The van der Waals surface area contributed by atoms with Crippen LogP contribution < -0.4 is 0 Å². The van der Waals surface area contributed by atoms with Crippen molar-refractivity contribution in [2.75, 3.05) is 26.8 Å². The second-order valence-electron chi connectivity index (χ2n) is 2.94. The van der Waals surface area contributed by atoms with Gasteiger partial charge < -0.3 is 4.74 Å². The number of H-pyrrole nitrogens is 1. The van der Waals surface area contributed by atoms with Crippen LogP contribution in [0.1, 0.15) is 6.92 Å². The standard InChI is InChI=1S/C8H15N3O3S/c1-3-14-7-6-11(2)15(12,13)8-4-5-9-10-8/h4-5H,3,6-7H2,1-2H3,(H,9,10). The lowest BCUT2D eigenvalue weighted by Gasteiger charge is -2.15. The molecule has 0 saturated carbocycles. The molecule has 1 rings (SSSR count). The third-order valence-electron chi connectivity index (χ3n) is 1.92. The van der Waals surface area contributed by atoms with E-state index in [-0.39, 0.29) is 5.03 Å². The maximum Gasteiger partial charge on any atom is 0.259 e. The second-order valence-corrected chi connectivity index (χ2v) is 4.96. The minimum Gasteiger partial charge on any atom is -0.380 e. The molecule has 0 spiro atoms. The number of nitrogens with one attached hydrogen (secondary N) is 1. The SMILES string of the molecule is CCOCCN(C)S(=O)(=O)c1ccn[nH]1. The van der Waals surface area contributed by atoms with Gasteiger partial charge in [-0.3, -0.25) is 5.10 Å². The van der Waals surface area contributed by atoms with Crippen LogP contribution in [0.25, 0.3) is 0 Å². The van der Waals surface area contributed by atoms with Gasteiger partial charge in [0.2, 0.25) is 0 Å². The summed E-state index contributed by atoms with van der Waals surface area (Å²) in [5, 5.41) is 6.13. The summed E-state index contributed by atoms with van der Waals surface area (Å²) >= 11 is 0. The summed E-state index contributed by atoms with van der Waals surface area (Å²) in [6.45, 7) is 3.16. The van der Waals surface area contributed by atoms with Crippen LogP contribution in [-0.4, -0.2) is 49.7 Å². The van der Waals surface area contributed by atoms with E-state index in [1.54, 1.807) is 0 Å². The molecule has 1 aromatic heterocycles. The monoisotopic (exact) mass is 233 g/mol. The van der Waals surface area contributed by atoms with Gasteiger partial charge >= 0.3 is 0 Å². The molecular weight excluding hydrogens is 218 g/mol. The average Bonchev–Trinajstić information content (AvgIpc) is 2.71. The van der Waals surface area contributed by atoms with Crippen LogP contribution >= 0.6 is 0 Å². The van der Waals surface area contributed by atoms with Gasteiger partial charge in [-0.2, -0.15) is 9.40 Å². The summed E-state index contributed by atoms with van der Waals surface area (Å²) in [4.78, 5) is 0. The number of sulfonamides is 1. The summed E-state index contributed by atoms with van der Waals surface area (Å²) in [7, 11) is -1.93. The Kier molecular flexibility index (Phi) is 4.25. The zero-order valence-corrected chi connectivity index (χ0v) is 9.62. The molecule has 0 amide bonds. The Morgan fingerprint density at radius 3 is 2.87 bits per heavy atom. The maximum absolute atomic E-state index is 11.8. The Bertz CT molecular complexity index is 374. The molecule has 0 aromatic carbocycles. The molecule has 0 bridgehead atoms. The summed E-state index contributed by atoms with van der Waals surface area (Å²) in [5.41, 5.74) is 0. The minimum absolute atomic E-state index is 0.0986. The Morgan fingerprint density at radius 1 is 1.60 bits per heavy atom. The lowest BCUT2D eigenvalue weighted by atomic mass is 10.7. The predicted molar refractivity (Wildman–Crippen MR) is 54.9 cm³/mol. The molecule has 15 heavy (non-hydrogen) atoms. The van der Waals surface area contributed by atoms with E-state index in [4.69, 9.17) is 4.74 Å². The van der Waals surface area contributed by atoms with Gasteiger partial charge in [-0.1, -0.05) is 0 Å². The zero-order chi connectivity index (χ0) is 11.3. The number of hydrogen-bond acceptors (Lipinski definition) is 4. The van der Waals surface area contributed by atoms with Crippen molar-refractivity contribution in [1.82, 2.24) is 14.5 Å². The van der Waals surface area contributed by atoms with Crippen molar-refractivity contribution in [3.05, 3.63) is 12.3 Å². The molecule has 6 nitrogen and oxygen atoms in total. The lowest BCUT2D eigenvalue weighted by molar-refractivity contribution is 0.138. The highest BCUT2D eigenvalue weighted by atomic mass is 32.2. The van der Waals surface area contributed by atoms with Crippen LogP contribution in [0.4, 0.5) is 0 Å². The van der Waals surface area contributed by atoms with Gasteiger partial charge in [0.1, 0.15) is 0 Å². The third kappa shape index (κ3) is 3.01. The van der Waals surface area contributed by atoms with E-state index in [1.807, 2.05) is 6.92 Å². The quantitative estimate of drug-likeness (QED) is 0.705. The molecule has 0 aliphatic rings. The summed E-state index contributed by atoms with van der Waals surface area (Å²) in [6, 6.07) is 1.42.